The Hall–Kier alpha value is -1.99. The van der Waals surface area contributed by atoms with Crippen LogP contribution in [-0.2, 0) is 0 Å². The van der Waals surface area contributed by atoms with Crippen molar-refractivity contribution in [1.82, 2.24) is 9.80 Å². The molecular weight excluding hydrogens is 294 g/mol. The molecule has 0 radical (unpaired) electrons. The molecule has 3 aliphatic rings. The van der Waals surface area contributed by atoms with E-state index in [4.69, 9.17) is 15.2 Å². The van der Waals surface area contributed by atoms with Crippen molar-refractivity contribution in [3.63, 3.8) is 0 Å². The smallest absolute Gasteiger partial charge is 0.193 e. The minimum absolute atomic E-state index is 0.397. The molecule has 3 heterocycles. The fraction of sp³-hybridized carbons (Fsp3) is 0.562. The van der Waals surface area contributed by atoms with Crippen molar-refractivity contribution in [3.8, 4) is 11.5 Å². The monoisotopic (exact) mass is 319 g/mol. The maximum atomic E-state index is 6.05. The number of nitrogens with one attached hydrogen (secondary N) is 1. The highest BCUT2D eigenvalue weighted by atomic mass is 16.5. The zero-order chi connectivity index (χ0) is 16.2. The third-order valence-electron chi connectivity index (χ3n) is 4.53. The predicted molar refractivity (Wildman–Crippen MR) is 91.5 cm³/mol. The highest BCUT2D eigenvalue weighted by Gasteiger charge is 2.31. The molecule has 7 heteroatoms. The minimum atomic E-state index is 0.397. The Bertz CT molecular complexity index is 570. The molecule has 0 spiro atoms. The van der Waals surface area contributed by atoms with Crippen LogP contribution in [0.4, 0.5) is 5.69 Å². The molecule has 1 unspecified atom stereocenters. The number of benzene rings is 1. The van der Waals surface area contributed by atoms with Crippen LogP contribution < -0.4 is 20.5 Å². The van der Waals surface area contributed by atoms with Crippen molar-refractivity contribution >= 4 is 11.6 Å². The first kappa shape index (κ1) is 15.9. The fourth-order valence-electron chi connectivity index (χ4n) is 3.19. The van der Waals surface area contributed by atoms with Crippen molar-refractivity contribution in [2.75, 3.05) is 58.8 Å². The zero-order valence-electron chi connectivity index (χ0n) is 13.8. The van der Waals surface area contributed by atoms with Crippen LogP contribution in [0.25, 0.3) is 0 Å². The number of hydrogen-bond acceptors (Lipinski definition) is 5. The van der Waals surface area contributed by atoms with E-state index >= 15 is 0 Å². The lowest BCUT2D eigenvalue weighted by Gasteiger charge is -2.47. The van der Waals surface area contributed by atoms with Gasteiger partial charge in [0.05, 0.1) is 26.5 Å². The van der Waals surface area contributed by atoms with Crippen LogP contribution in [0, 0.1) is 0 Å². The van der Waals surface area contributed by atoms with Gasteiger partial charge < -0.3 is 20.5 Å². The lowest BCUT2D eigenvalue weighted by atomic mass is 10.1. The van der Waals surface area contributed by atoms with Gasteiger partial charge in [-0.25, -0.2) is 0 Å². The largest absolute Gasteiger partial charge is 0.497 e. The Morgan fingerprint density at radius 2 is 2.04 bits per heavy atom. The molecule has 0 aromatic heterocycles. The van der Waals surface area contributed by atoms with Crippen LogP contribution in [0.2, 0.25) is 0 Å². The van der Waals surface area contributed by atoms with Gasteiger partial charge in [0.1, 0.15) is 11.5 Å². The number of anilines is 1. The minimum Gasteiger partial charge on any atom is -0.497 e. The van der Waals surface area contributed by atoms with Crippen molar-refractivity contribution < 1.29 is 9.47 Å². The Kier molecular flexibility index (Phi) is 4.88. The summed E-state index contributed by atoms with van der Waals surface area (Å²) in [7, 11) is 3.26. The van der Waals surface area contributed by atoms with Gasteiger partial charge in [0.15, 0.2) is 5.96 Å². The van der Waals surface area contributed by atoms with Crippen molar-refractivity contribution in [2.24, 2.45) is 10.7 Å². The summed E-state index contributed by atoms with van der Waals surface area (Å²) in [4.78, 5) is 9.51. The standard InChI is InChI=1S/C16H25N5O2/c1-22-13-3-4-15(23-2)14(9-13)19-16(17)18-10-12-11-20-5-7-21(12)8-6-20/h3-4,9,12H,5-8,10-11H2,1-2H3,(H3,17,18,19). The van der Waals surface area contributed by atoms with Crippen molar-refractivity contribution in [3.05, 3.63) is 18.2 Å². The second-order valence-corrected chi connectivity index (χ2v) is 5.91. The lowest BCUT2D eigenvalue weighted by Crippen LogP contribution is -2.61. The molecule has 3 saturated heterocycles. The number of guanidine groups is 1. The number of rotatable bonds is 5. The van der Waals surface area contributed by atoms with Crippen molar-refractivity contribution in [1.29, 1.82) is 0 Å². The van der Waals surface area contributed by atoms with E-state index in [0.29, 0.717) is 24.3 Å². The molecule has 126 valence electrons. The number of methoxy groups -OCH3 is 2. The SMILES string of the molecule is COc1ccc(OC)c(NC(N)=NCC2CN3CCN2CC3)c1. The van der Waals surface area contributed by atoms with Crippen LogP contribution in [0.15, 0.2) is 23.2 Å². The molecule has 1 aromatic rings. The molecule has 1 aromatic carbocycles. The van der Waals surface area contributed by atoms with Gasteiger partial charge in [-0.05, 0) is 12.1 Å². The van der Waals surface area contributed by atoms with Crippen LogP contribution >= 0.6 is 0 Å². The molecule has 1 atom stereocenters. The number of fused-ring (bicyclic) bond motifs is 3. The first-order valence-corrected chi connectivity index (χ1v) is 7.95. The highest BCUT2D eigenvalue weighted by molar-refractivity contribution is 5.94. The number of aliphatic imine (C=N–C) groups is 1. The number of nitrogens with two attached hydrogens (primary N) is 1. The molecule has 7 nitrogen and oxygen atoms in total. The predicted octanol–water partition coefficient (Wildman–Crippen LogP) is 0.430. The van der Waals surface area contributed by atoms with E-state index in [1.807, 2.05) is 18.2 Å². The maximum absolute atomic E-state index is 6.05. The van der Waals surface area contributed by atoms with Gasteiger partial charge in [0, 0.05) is 44.8 Å². The molecule has 23 heavy (non-hydrogen) atoms. The highest BCUT2D eigenvalue weighted by Crippen LogP contribution is 2.28. The van der Waals surface area contributed by atoms with E-state index in [0.717, 1.165) is 31.1 Å². The van der Waals surface area contributed by atoms with Gasteiger partial charge in [0.2, 0.25) is 0 Å². The summed E-state index contributed by atoms with van der Waals surface area (Å²) in [5.41, 5.74) is 6.80. The van der Waals surface area contributed by atoms with Crippen LogP contribution in [0.3, 0.4) is 0 Å². The van der Waals surface area contributed by atoms with Crippen molar-refractivity contribution in [2.45, 2.75) is 6.04 Å². The molecule has 0 saturated carbocycles. The van der Waals surface area contributed by atoms with Gasteiger partial charge in [-0.1, -0.05) is 0 Å². The summed E-state index contributed by atoms with van der Waals surface area (Å²) in [6, 6.07) is 6.00. The summed E-state index contributed by atoms with van der Waals surface area (Å²) in [6.45, 7) is 6.42. The molecule has 2 bridgehead atoms. The van der Waals surface area contributed by atoms with E-state index in [1.165, 1.54) is 13.1 Å². The van der Waals surface area contributed by atoms with Crippen LogP contribution in [0.5, 0.6) is 11.5 Å². The number of piperazine rings is 3. The second-order valence-electron chi connectivity index (χ2n) is 5.91. The zero-order valence-corrected chi connectivity index (χ0v) is 13.8. The third-order valence-corrected chi connectivity index (χ3v) is 4.53. The molecule has 0 aliphatic carbocycles. The topological polar surface area (TPSA) is 75.3 Å². The van der Waals surface area contributed by atoms with Gasteiger partial charge in [-0.15, -0.1) is 0 Å². The average Bonchev–Trinajstić information content (AvgIpc) is 2.61. The summed E-state index contributed by atoms with van der Waals surface area (Å²) in [5, 5.41) is 3.11. The normalized spacial score (nSPS) is 26.9. The Labute approximate surface area is 137 Å². The number of hydrogen-bond donors (Lipinski definition) is 2. The van der Waals surface area contributed by atoms with E-state index in [1.54, 1.807) is 14.2 Å². The Morgan fingerprint density at radius 3 is 2.65 bits per heavy atom. The summed E-state index contributed by atoms with van der Waals surface area (Å²) in [6.07, 6.45) is 0. The van der Waals surface area contributed by atoms with E-state index in [9.17, 15) is 0 Å². The maximum Gasteiger partial charge on any atom is 0.193 e. The van der Waals surface area contributed by atoms with Gasteiger partial charge in [0.25, 0.3) is 0 Å². The first-order valence-electron chi connectivity index (χ1n) is 7.95. The first-order chi connectivity index (χ1) is 11.2. The molecular formula is C16H25N5O2. The molecule has 3 aliphatic heterocycles. The molecule has 3 N–H and O–H groups in total. The van der Waals surface area contributed by atoms with Crippen LogP contribution in [0.1, 0.15) is 0 Å². The Morgan fingerprint density at radius 1 is 1.26 bits per heavy atom. The number of nitrogens with zero attached hydrogens (tertiary/aromatic N) is 3. The van der Waals surface area contributed by atoms with E-state index in [2.05, 4.69) is 20.1 Å². The summed E-state index contributed by atoms with van der Waals surface area (Å²) in [5.74, 6) is 1.84. The molecule has 0 amide bonds. The van der Waals surface area contributed by atoms with Crippen LogP contribution in [-0.4, -0.2) is 75.3 Å². The van der Waals surface area contributed by atoms with Gasteiger partial charge in [-0.3, -0.25) is 14.8 Å². The second kappa shape index (κ2) is 7.06. The Balaban J connectivity index is 1.63. The average molecular weight is 319 g/mol. The third kappa shape index (κ3) is 3.68. The van der Waals surface area contributed by atoms with Gasteiger partial charge >= 0.3 is 0 Å². The summed E-state index contributed by atoms with van der Waals surface area (Å²) < 4.78 is 10.6. The fourth-order valence-corrected chi connectivity index (χ4v) is 3.19. The molecule has 3 fully saturated rings. The lowest BCUT2D eigenvalue weighted by molar-refractivity contribution is 0.0174. The van der Waals surface area contributed by atoms with E-state index < -0.39 is 0 Å². The summed E-state index contributed by atoms with van der Waals surface area (Å²) >= 11 is 0. The number of ether oxygens (including phenoxy) is 2. The quantitative estimate of drug-likeness (QED) is 0.605. The van der Waals surface area contributed by atoms with Gasteiger partial charge in [-0.2, -0.15) is 0 Å². The molecule has 4 rings (SSSR count). The van der Waals surface area contributed by atoms with E-state index in [-0.39, 0.29) is 0 Å².